The minimum absolute atomic E-state index is 0.303. The van der Waals surface area contributed by atoms with Gasteiger partial charge in [-0.1, -0.05) is 0 Å². The number of aliphatic hydroxyl groups is 1. The molecule has 1 saturated carbocycles. The fraction of sp³-hybridized carbons (Fsp3) is 1.00. The van der Waals surface area contributed by atoms with Crippen LogP contribution in [-0.2, 0) is 9.84 Å². The molecule has 0 aromatic rings. The predicted molar refractivity (Wildman–Crippen MR) is 46.4 cm³/mol. The molecule has 1 rings (SSSR count). The smallest absolute Gasteiger partial charge is 0.154 e. The second kappa shape index (κ2) is 3.32. The zero-order valence-electron chi connectivity index (χ0n) is 7.10. The third-order valence-electron chi connectivity index (χ3n) is 2.33. The van der Waals surface area contributed by atoms with E-state index in [1.807, 2.05) is 0 Å². The molecular formula is C7H15NO3S. The number of rotatable bonds is 4. The molecule has 0 aromatic carbocycles. The second-order valence-electron chi connectivity index (χ2n) is 3.47. The Morgan fingerprint density at radius 1 is 1.58 bits per heavy atom. The summed E-state index contributed by atoms with van der Waals surface area (Å²) in [6, 6.07) is -0.384. The quantitative estimate of drug-likeness (QED) is 0.608. The first-order valence-electron chi connectivity index (χ1n) is 4.02. The van der Waals surface area contributed by atoms with Gasteiger partial charge in [0.15, 0.2) is 9.84 Å². The summed E-state index contributed by atoms with van der Waals surface area (Å²) < 4.78 is 22.2. The average Bonchev–Trinajstić information content (AvgIpc) is 2.65. The molecule has 0 radical (unpaired) electrons. The maximum atomic E-state index is 11.1. The van der Waals surface area contributed by atoms with Gasteiger partial charge in [0.2, 0.25) is 0 Å². The average molecular weight is 193 g/mol. The van der Waals surface area contributed by atoms with E-state index in [9.17, 15) is 8.42 Å². The van der Waals surface area contributed by atoms with E-state index in [0.717, 1.165) is 19.1 Å². The SMILES string of the molecule is CS(=O)(=O)[C@@H](CO)[C@H](N)C1CC1. The fourth-order valence-electron chi connectivity index (χ4n) is 1.33. The Hall–Kier alpha value is -0.130. The molecule has 0 saturated heterocycles. The zero-order chi connectivity index (χ0) is 9.35. The van der Waals surface area contributed by atoms with Crippen molar-refractivity contribution in [3.8, 4) is 0 Å². The van der Waals surface area contributed by atoms with Gasteiger partial charge in [-0.25, -0.2) is 8.42 Å². The van der Waals surface area contributed by atoms with Crippen molar-refractivity contribution in [2.45, 2.75) is 24.1 Å². The maximum Gasteiger partial charge on any atom is 0.154 e. The molecule has 72 valence electrons. The standard InChI is InChI=1S/C7H15NO3S/c1-12(10,11)6(4-9)7(8)5-2-3-5/h5-7,9H,2-4,8H2,1H3/t6-,7+/m0/s1. The number of aliphatic hydroxyl groups excluding tert-OH is 1. The lowest BCUT2D eigenvalue weighted by Gasteiger charge is -2.19. The molecule has 0 unspecified atom stereocenters. The van der Waals surface area contributed by atoms with E-state index in [2.05, 4.69) is 0 Å². The van der Waals surface area contributed by atoms with E-state index in [4.69, 9.17) is 10.8 Å². The van der Waals surface area contributed by atoms with Crippen molar-refractivity contribution in [2.24, 2.45) is 11.7 Å². The largest absolute Gasteiger partial charge is 0.395 e. The van der Waals surface area contributed by atoms with Gasteiger partial charge in [-0.15, -0.1) is 0 Å². The maximum absolute atomic E-state index is 11.1. The van der Waals surface area contributed by atoms with Gasteiger partial charge >= 0.3 is 0 Å². The Morgan fingerprint density at radius 3 is 2.33 bits per heavy atom. The summed E-state index contributed by atoms with van der Waals surface area (Å²) in [6.07, 6.45) is 3.11. The Morgan fingerprint density at radius 2 is 2.08 bits per heavy atom. The van der Waals surface area contributed by atoms with Crippen LogP contribution in [0.1, 0.15) is 12.8 Å². The summed E-state index contributed by atoms with van der Waals surface area (Å²) in [6.45, 7) is -0.365. The monoisotopic (exact) mass is 193 g/mol. The van der Waals surface area contributed by atoms with Crippen LogP contribution in [0.15, 0.2) is 0 Å². The van der Waals surface area contributed by atoms with E-state index in [1.54, 1.807) is 0 Å². The van der Waals surface area contributed by atoms with Gasteiger partial charge in [-0.3, -0.25) is 0 Å². The molecule has 4 nitrogen and oxygen atoms in total. The fourth-order valence-corrected chi connectivity index (χ4v) is 2.39. The van der Waals surface area contributed by atoms with Crippen LogP contribution >= 0.6 is 0 Å². The van der Waals surface area contributed by atoms with Crippen molar-refractivity contribution in [1.82, 2.24) is 0 Å². The van der Waals surface area contributed by atoms with Crippen molar-refractivity contribution in [2.75, 3.05) is 12.9 Å². The molecule has 0 aromatic heterocycles. The molecular weight excluding hydrogens is 178 g/mol. The minimum Gasteiger partial charge on any atom is -0.395 e. The minimum atomic E-state index is -3.19. The van der Waals surface area contributed by atoms with Crippen LogP contribution in [0.25, 0.3) is 0 Å². The molecule has 2 atom stereocenters. The molecule has 0 spiro atoms. The summed E-state index contributed by atoms with van der Waals surface area (Å²) in [4.78, 5) is 0. The predicted octanol–water partition coefficient (Wildman–Crippen LogP) is -0.871. The van der Waals surface area contributed by atoms with Gasteiger partial charge < -0.3 is 10.8 Å². The van der Waals surface area contributed by atoms with Gasteiger partial charge in [-0.2, -0.15) is 0 Å². The first kappa shape index (κ1) is 9.95. The van der Waals surface area contributed by atoms with Crippen molar-refractivity contribution in [1.29, 1.82) is 0 Å². The highest BCUT2D eigenvalue weighted by Gasteiger charge is 2.38. The van der Waals surface area contributed by atoms with Crippen LogP contribution in [0.3, 0.4) is 0 Å². The van der Waals surface area contributed by atoms with Gasteiger partial charge in [0.1, 0.15) is 0 Å². The van der Waals surface area contributed by atoms with E-state index < -0.39 is 15.1 Å². The highest BCUT2D eigenvalue weighted by atomic mass is 32.2. The molecule has 0 heterocycles. The number of hydrogen-bond donors (Lipinski definition) is 2. The summed E-state index contributed by atoms with van der Waals surface area (Å²) in [5, 5.41) is 8.08. The summed E-state index contributed by atoms with van der Waals surface area (Å²) >= 11 is 0. The molecule has 0 aliphatic heterocycles. The Labute approximate surface area is 72.7 Å². The third kappa shape index (κ3) is 2.18. The van der Waals surface area contributed by atoms with Crippen LogP contribution in [0.4, 0.5) is 0 Å². The third-order valence-corrected chi connectivity index (χ3v) is 3.89. The first-order chi connectivity index (χ1) is 5.46. The number of hydrogen-bond acceptors (Lipinski definition) is 4. The van der Waals surface area contributed by atoms with Crippen LogP contribution in [0.5, 0.6) is 0 Å². The van der Waals surface area contributed by atoms with Crippen LogP contribution < -0.4 is 5.73 Å². The molecule has 1 aliphatic carbocycles. The normalized spacial score (nSPS) is 23.6. The zero-order valence-corrected chi connectivity index (χ0v) is 7.92. The lowest BCUT2D eigenvalue weighted by atomic mass is 10.1. The van der Waals surface area contributed by atoms with Gasteiger partial charge in [-0.05, 0) is 18.8 Å². The van der Waals surface area contributed by atoms with Crippen molar-refractivity contribution >= 4 is 9.84 Å². The molecule has 5 heteroatoms. The van der Waals surface area contributed by atoms with E-state index in [1.165, 1.54) is 0 Å². The highest BCUT2D eigenvalue weighted by molar-refractivity contribution is 7.91. The molecule has 1 fully saturated rings. The lowest BCUT2D eigenvalue weighted by Crippen LogP contribution is -2.44. The summed E-state index contributed by atoms with van der Waals surface area (Å²) in [5.41, 5.74) is 5.68. The Bertz CT molecular complexity index is 245. The summed E-state index contributed by atoms with van der Waals surface area (Å²) in [5.74, 6) is 0.303. The van der Waals surface area contributed by atoms with Crippen molar-refractivity contribution in [3.63, 3.8) is 0 Å². The van der Waals surface area contributed by atoms with Gasteiger partial charge in [0, 0.05) is 12.3 Å². The highest BCUT2D eigenvalue weighted by Crippen LogP contribution is 2.34. The topological polar surface area (TPSA) is 80.4 Å². The number of sulfone groups is 1. The van der Waals surface area contributed by atoms with Gasteiger partial charge in [0.25, 0.3) is 0 Å². The van der Waals surface area contributed by atoms with Crippen molar-refractivity contribution < 1.29 is 13.5 Å². The van der Waals surface area contributed by atoms with Crippen LogP contribution in [0.2, 0.25) is 0 Å². The second-order valence-corrected chi connectivity index (χ2v) is 5.73. The molecule has 12 heavy (non-hydrogen) atoms. The molecule has 1 aliphatic rings. The van der Waals surface area contributed by atoms with E-state index in [-0.39, 0.29) is 12.6 Å². The first-order valence-corrected chi connectivity index (χ1v) is 5.97. The molecule has 0 bridgehead atoms. The van der Waals surface area contributed by atoms with Crippen LogP contribution in [-0.4, -0.2) is 37.7 Å². The Kier molecular flexibility index (Phi) is 2.75. The Balaban J connectivity index is 2.67. The van der Waals surface area contributed by atoms with Gasteiger partial charge in [0.05, 0.1) is 11.9 Å². The summed E-state index contributed by atoms with van der Waals surface area (Å²) in [7, 11) is -3.19. The van der Waals surface area contributed by atoms with Crippen LogP contribution in [0, 0.1) is 5.92 Å². The lowest BCUT2D eigenvalue weighted by molar-refractivity contribution is 0.272. The van der Waals surface area contributed by atoms with E-state index in [0.29, 0.717) is 5.92 Å². The number of nitrogens with two attached hydrogens (primary N) is 1. The van der Waals surface area contributed by atoms with E-state index >= 15 is 0 Å². The molecule has 3 N–H and O–H groups in total. The molecule has 0 amide bonds. The van der Waals surface area contributed by atoms with Crippen molar-refractivity contribution in [3.05, 3.63) is 0 Å².